The number of carbonyl (C=O) groups is 1. The lowest BCUT2D eigenvalue weighted by Crippen LogP contribution is -2.36. The van der Waals surface area contributed by atoms with Crippen molar-refractivity contribution in [3.8, 4) is 5.75 Å². The summed E-state index contributed by atoms with van der Waals surface area (Å²) in [6.45, 7) is -1.64. The van der Waals surface area contributed by atoms with Crippen LogP contribution in [0.3, 0.4) is 0 Å². The zero-order valence-corrected chi connectivity index (χ0v) is 11.7. The Kier molecular flexibility index (Phi) is 4.60. The molecule has 1 aromatic heterocycles. The summed E-state index contributed by atoms with van der Waals surface area (Å²) in [5.74, 6) is -0.462. The van der Waals surface area contributed by atoms with Gasteiger partial charge >= 0.3 is 12.1 Å². The number of nitrogens with two attached hydrogens (primary N) is 1. The molecule has 1 atom stereocenters. The van der Waals surface area contributed by atoms with Crippen LogP contribution in [-0.2, 0) is 16.0 Å². The SMILES string of the molecule is COc1ccc2[nH]cc(C[C@H](N)C(=O)OCC(F)(F)F)c2c1. The smallest absolute Gasteiger partial charge is 0.422 e. The molecular weight excluding hydrogens is 301 g/mol. The zero-order chi connectivity index (χ0) is 16.3. The van der Waals surface area contributed by atoms with Gasteiger partial charge in [0.1, 0.15) is 11.8 Å². The van der Waals surface area contributed by atoms with Crippen LogP contribution >= 0.6 is 0 Å². The van der Waals surface area contributed by atoms with Crippen molar-refractivity contribution in [2.75, 3.05) is 13.7 Å². The van der Waals surface area contributed by atoms with E-state index in [0.717, 1.165) is 10.9 Å². The fourth-order valence-electron chi connectivity index (χ4n) is 2.03. The second kappa shape index (κ2) is 6.27. The summed E-state index contributed by atoms with van der Waals surface area (Å²) in [6, 6.07) is 4.15. The van der Waals surface area contributed by atoms with Gasteiger partial charge in [0.05, 0.1) is 7.11 Å². The molecule has 0 amide bonds. The number of aromatic amines is 1. The Hall–Kier alpha value is -2.22. The van der Waals surface area contributed by atoms with E-state index in [2.05, 4.69) is 9.72 Å². The van der Waals surface area contributed by atoms with Crippen molar-refractivity contribution in [2.24, 2.45) is 5.73 Å². The van der Waals surface area contributed by atoms with Crippen LogP contribution in [0.2, 0.25) is 0 Å². The van der Waals surface area contributed by atoms with E-state index < -0.39 is 24.8 Å². The number of fused-ring (bicyclic) bond motifs is 1. The number of esters is 1. The van der Waals surface area contributed by atoms with Crippen LogP contribution in [0.1, 0.15) is 5.56 Å². The van der Waals surface area contributed by atoms with E-state index in [0.29, 0.717) is 11.3 Å². The van der Waals surface area contributed by atoms with Crippen molar-refractivity contribution >= 4 is 16.9 Å². The second-order valence-corrected chi connectivity index (χ2v) is 4.76. The van der Waals surface area contributed by atoms with E-state index in [1.165, 1.54) is 7.11 Å². The first-order valence-electron chi connectivity index (χ1n) is 6.43. The standard InChI is InChI=1S/C14H15F3N2O3/c1-21-9-2-3-12-10(5-9)8(6-19-12)4-11(18)13(20)22-7-14(15,16)17/h2-3,5-6,11,19H,4,7,18H2,1H3/t11-/m0/s1. The van der Waals surface area contributed by atoms with E-state index >= 15 is 0 Å². The fourth-order valence-corrected chi connectivity index (χ4v) is 2.03. The highest BCUT2D eigenvalue weighted by Crippen LogP contribution is 2.24. The summed E-state index contributed by atoms with van der Waals surface area (Å²) in [4.78, 5) is 14.5. The molecule has 0 aliphatic heterocycles. The molecule has 0 radical (unpaired) electrons. The summed E-state index contributed by atoms with van der Waals surface area (Å²) >= 11 is 0. The molecule has 2 rings (SSSR count). The Balaban J connectivity index is 2.08. The lowest BCUT2D eigenvalue weighted by Gasteiger charge is -2.12. The van der Waals surface area contributed by atoms with Crippen molar-refractivity contribution in [1.29, 1.82) is 0 Å². The summed E-state index contributed by atoms with van der Waals surface area (Å²) in [6.07, 6.45) is -2.85. The quantitative estimate of drug-likeness (QED) is 0.829. The first kappa shape index (κ1) is 16.2. The van der Waals surface area contributed by atoms with Crippen LogP contribution in [0.5, 0.6) is 5.75 Å². The van der Waals surface area contributed by atoms with Crippen LogP contribution in [0.25, 0.3) is 10.9 Å². The third-order valence-corrected chi connectivity index (χ3v) is 3.10. The number of nitrogens with one attached hydrogen (secondary N) is 1. The number of ether oxygens (including phenoxy) is 2. The molecule has 0 spiro atoms. The highest BCUT2D eigenvalue weighted by atomic mass is 19.4. The van der Waals surface area contributed by atoms with Gasteiger partial charge in [-0.3, -0.25) is 4.79 Å². The van der Waals surface area contributed by atoms with Crippen molar-refractivity contribution in [3.63, 3.8) is 0 Å². The van der Waals surface area contributed by atoms with Crippen molar-refractivity contribution in [1.82, 2.24) is 4.98 Å². The lowest BCUT2D eigenvalue weighted by molar-refractivity contribution is -0.187. The Bertz CT molecular complexity index is 667. The van der Waals surface area contributed by atoms with E-state index in [4.69, 9.17) is 10.5 Å². The molecule has 0 aliphatic rings. The fraction of sp³-hybridized carbons (Fsp3) is 0.357. The number of H-pyrrole nitrogens is 1. The number of halogens is 3. The average Bonchev–Trinajstić information content (AvgIpc) is 2.86. The third-order valence-electron chi connectivity index (χ3n) is 3.10. The van der Waals surface area contributed by atoms with Gasteiger partial charge in [0.25, 0.3) is 0 Å². The van der Waals surface area contributed by atoms with E-state index in [1.54, 1.807) is 24.4 Å². The maximum absolute atomic E-state index is 12.0. The Labute approximate surface area is 124 Å². The predicted octanol–water partition coefficient (Wildman–Crippen LogP) is 2.15. The van der Waals surface area contributed by atoms with Gasteiger partial charge in [-0.25, -0.2) is 0 Å². The van der Waals surface area contributed by atoms with Crippen LogP contribution in [-0.4, -0.2) is 36.9 Å². The molecule has 2 aromatic rings. The third kappa shape index (κ3) is 3.91. The van der Waals surface area contributed by atoms with Crippen molar-refractivity contribution < 1.29 is 27.4 Å². The number of rotatable bonds is 5. The topological polar surface area (TPSA) is 77.3 Å². The van der Waals surface area contributed by atoms with Gasteiger partial charge in [0.15, 0.2) is 6.61 Å². The van der Waals surface area contributed by atoms with Crippen molar-refractivity contribution in [2.45, 2.75) is 18.6 Å². The maximum Gasteiger partial charge on any atom is 0.422 e. The molecule has 0 unspecified atom stereocenters. The molecule has 1 aromatic carbocycles. The van der Waals surface area contributed by atoms with E-state index in [1.807, 2.05) is 0 Å². The molecule has 22 heavy (non-hydrogen) atoms. The number of benzene rings is 1. The molecule has 120 valence electrons. The van der Waals surface area contributed by atoms with Gasteiger partial charge in [-0.2, -0.15) is 13.2 Å². The molecular formula is C14H15F3N2O3. The van der Waals surface area contributed by atoms with Gasteiger partial charge in [-0.05, 0) is 23.8 Å². The van der Waals surface area contributed by atoms with Crippen LogP contribution < -0.4 is 10.5 Å². The summed E-state index contributed by atoms with van der Waals surface area (Å²) in [7, 11) is 1.52. The minimum absolute atomic E-state index is 0.0594. The Morgan fingerprint density at radius 1 is 1.41 bits per heavy atom. The molecule has 3 N–H and O–H groups in total. The molecule has 0 saturated carbocycles. The molecule has 8 heteroatoms. The van der Waals surface area contributed by atoms with Crippen LogP contribution in [0.15, 0.2) is 24.4 Å². The summed E-state index contributed by atoms with van der Waals surface area (Å²) in [5, 5.41) is 0.790. The number of aromatic nitrogens is 1. The van der Waals surface area contributed by atoms with Gasteiger partial charge in [-0.1, -0.05) is 0 Å². The first-order chi connectivity index (χ1) is 10.3. The zero-order valence-electron chi connectivity index (χ0n) is 11.7. The molecule has 0 aliphatic carbocycles. The second-order valence-electron chi connectivity index (χ2n) is 4.76. The highest BCUT2D eigenvalue weighted by Gasteiger charge is 2.31. The number of alkyl halides is 3. The monoisotopic (exact) mass is 316 g/mol. The normalized spacial score (nSPS) is 13.1. The van der Waals surface area contributed by atoms with E-state index in [9.17, 15) is 18.0 Å². The van der Waals surface area contributed by atoms with Gasteiger partial charge in [-0.15, -0.1) is 0 Å². The number of hydrogen-bond acceptors (Lipinski definition) is 4. The average molecular weight is 316 g/mol. The van der Waals surface area contributed by atoms with Crippen LogP contribution in [0.4, 0.5) is 13.2 Å². The number of hydrogen-bond donors (Lipinski definition) is 2. The largest absolute Gasteiger partial charge is 0.497 e. The lowest BCUT2D eigenvalue weighted by atomic mass is 10.1. The molecule has 0 fully saturated rings. The molecule has 1 heterocycles. The minimum Gasteiger partial charge on any atom is -0.497 e. The van der Waals surface area contributed by atoms with Crippen molar-refractivity contribution in [3.05, 3.63) is 30.0 Å². The molecule has 0 saturated heterocycles. The number of carbonyl (C=O) groups excluding carboxylic acids is 1. The molecule has 5 nitrogen and oxygen atoms in total. The number of methoxy groups -OCH3 is 1. The van der Waals surface area contributed by atoms with E-state index in [-0.39, 0.29) is 6.42 Å². The van der Waals surface area contributed by atoms with Gasteiger partial charge in [0, 0.05) is 23.5 Å². The minimum atomic E-state index is -4.57. The maximum atomic E-state index is 12.0. The van der Waals surface area contributed by atoms with Crippen LogP contribution in [0, 0.1) is 0 Å². The predicted molar refractivity (Wildman–Crippen MR) is 73.5 cm³/mol. The summed E-state index contributed by atoms with van der Waals surface area (Å²) < 4.78 is 45.3. The van der Waals surface area contributed by atoms with Gasteiger partial charge in [0.2, 0.25) is 0 Å². The molecule has 0 bridgehead atoms. The Morgan fingerprint density at radius 3 is 2.77 bits per heavy atom. The highest BCUT2D eigenvalue weighted by molar-refractivity contribution is 5.85. The Morgan fingerprint density at radius 2 is 2.14 bits per heavy atom. The first-order valence-corrected chi connectivity index (χ1v) is 6.43. The van der Waals surface area contributed by atoms with Gasteiger partial charge < -0.3 is 20.2 Å². The summed E-state index contributed by atoms with van der Waals surface area (Å²) in [5.41, 5.74) is 7.12.